The van der Waals surface area contributed by atoms with Gasteiger partial charge in [-0.2, -0.15) is 0 Å². The smallest absolute Gasteiger partial charge is 0.126 e. The molecule has 0 heterocycles. The van der Waals surface area contributed by atoms with E-state index in [4.69, 9.17) is 23.2 Å². The average Bonchev–Trinajstić information content (AvgIpc) is 2.46. The van der Waals surface area contributed by atoms with Crippen LogP contribution in [-0.2, 0) is 12.8 Å². The highest BCUT2D eigenvalue weighted by molar-refractivity contribution is 6.42. The molecule has 0 radical (unpaired) electrons. The van der Waals surface area contributed by atoms with Gasteiger partial charge in [-0.1, -0.05) is 29.3 Å². The summed E-state index contributed by atoms with van der Waals surface area (Å²) in [6.45, 7) is 0. The van der Waals surface area contributed by atoms with Crippen molar-refractivity contribution >= 4 is 23.2 Å². The first-order valence-corrected chi connectivity index (χ1v) is 7.30. The number of hydrogen-bond donors (Lipinski definition) is 1. The molecule has 21 heavy (non-hydrogen) atoms. The highest BCUT2D eigenvalue weighted by atomic mass is 35.5. The van der Waals surface area contributed by atoms with Crippen LogP contribution in [0.4, 0.5) is 8.78 Å². The van der Waals surface area contributed by atoms with E-state index < -0.39 is 11.6 Å². The van der Waals surface area contributed by atoms with Gasteiger partial charge in [0.15, 0.2) is 0 Å². The molecule has 0 saturated heterocycles. The number of hydrogen-bond acceptors (Lipinski definition) is 1. The number of nitrogens with one attached hydrogen (secondary N) is 1. The quantitative estimate of drug-likeness (QED) is 0.842. The Labute approximate surface area is 132 Å². The molecule has 2 aromatic rings. The van der Waals surface area contributed by atoms with Gasteiger partial charge in [0.25, 0.3) is 0 Å². The zero-order valence-corrected chi connectivity index (χ0v) is 13.0. The van der Waals surface area contributed by atoms with E-state index in [1.54, 1.807) is 19.2 Å². The Balaban J connectivity index is 2.12. The van der Waals surface area contributed by atoms with Gasteiger partial charge in [0.05, 0.1) is 10.0 Å². The van der Waals surface area contributed by atoms with Crippen molar-refractivity contribution in [3.63, 3.8) is 0 Å². The zero-order valence-electron chi connectivity index (χ0n) is 11.5. The minimum absolute atomic E-state index is 0.0291. The second kappa shape index (κ2) is 7.21. The summed E-state index contributed by atoms with van der Waals surface area (Å²) in [7, 11) is 1.79. The largest absolute Gasteiger partial charge is 0.316 e. The van der Waals surface area contributed by atoms with Crippen molar-refractivity contribution in [1.29, 1.82) is 0 Å². The first-order chi connectivity index (χ1) is 9.99. The van der Waals surface area contributed by atoms with Crippen molar-refractivity contribution in [3.05, 3.63) is 69.2 Å². The van der Waals surface area contributed by atoms with Crippen molar-refractivity contribution in [3.8, 4) is 0 Å². The van der Waals surface area contributed by atoms with Crippen LogP contribution < -0.4 is 5.32 Å². The number of likely N-dealkylation sites (N-methyl/N-ethyl adjacent to an activating group) is 1. The number of halogens is 4. The summed E-state index contributed by atoms with van der Waals surface area (Å²) in [5, 5.41) is 4.10. The predicted octanol–water partition coefficient (Wildman–Crippen LogP) is 4.64. The van der Waals surface area contributed by atoms with Crippen LogP contribution in [0.2, 0.25) is 10.0 Å². The van der Waals surface area contributed by atoms with E-state index in [0.29, 0.717) is 28.5 Å². The van der Waals surface area contributed by atoms with Gasteiger partial charge in [0.2, 0.25) is 0 Å². The van der Waals surface area contributed by atoms with E-state index in [1.165, 1.54) is 6.07 Å². The van der Waals surface area contributed by atoms with Crippen LogP contribution in [0.1, 0.15) is 11.1 Å². The lowest BCUT2D eigenvalue weighted by Crippen LogP contribution is -2.30. The van der Waals surface area contributed by atoms with Crippen LogP contribution >= 0.6 is 23.2 Å². The first-order valence-electron chi connectivity index (χ1n) is 6.54. The van der Waals surface area contributed by atoms with Crippen LogP contribution in [0.25, 0.3) is 0 Å². The molecule has 112 valence electrons. The van der Waals surface area contributed by atoms with Gasteiger partial charge in [0, 0.05) is 6.04 Å². The summed E-state index contributed by atoms with van der Waals surface area (Å²) >= 11 is 11.9. The molecule has 5 heteroatoms. The summed E-state index contributed by atoms with van der Waals surface area (Å²) < 4.78 is 26.9. The van der Waals surface area contributed by atoms with Crippen molar-refractivity contribution < 1.29 is 8.78 Å². The van der Waals surface area contributed by atoms with Gasteiger partial charge in [-0.05, 0) is 61.3 Å². The van der Waals surface area contributed by atoms with Crippen LogP contribution in [-0.4, -0.2) is 13.1 Å². The maximum Gasteiger partial charge on any atom is 0.126 e. The predicted molar refractivity (Wildman–Crippen MR) is 83.1 cm³/mol. The van der Waals surface area contributed by atoms with Crippen molar-refractivity contribution in [1.82, 2.24) is 5.32 Å². The molecule has 2 rings (SSSR count). The average molecular weight is 330 g/mol. The molecule has 0 fully saturated rings. The van der Waals surface area contributed by atoms with Crippen molar-refractivity contribution in [2.24, 2.45) is 0 Å². The van der Waals surface area contributed by atoms with E-state index in [1.807, 2.05) is 6.07 Å². The molecule has 0 amide bonds. The van der Waals surface area contributed by atoms with E-state index in [2.05, 4.69) is 5.32 Å². The minimum atomic E-state index is -0.434. The third-order valence-corrected chi connectivity index (χ3v) is 4.09. The summed E-state index contributed by atoms with van der Waals surface area (Å²) in [6.07, 6.45) is 1.03. The van der Waals surface area contributed by atoms with Gasteiger partial charge in [-0.25, -0.2) is 8.78 Å². The Morgan fingerprint density at radius 1 is 1.00 bits per heavy atom. The fraction of sp³-hybridized carbons (Fsp3) is 0.250. The second-order valence-electron chi connectivity index (χ2n) is 4.88. The third-order valence-electron chi connectivity index (χ3n) is 3.35. The van der Waals surface area contributed by atoms with Gasteiger partial charge in [-0.3, -0.25) is 0 Å². The van der Waals surface area contributed by atoms with Gasteiger partial charge in [-0.15, -0.1) is 0 Å². The zero-order chi connectivity index (χ0) is 15.4. The lowest BCUT2D eigenvalue weighted by molar-refractivity contribution is 0.525. The normalized spacial score (nSPS) is 12.4. The van der Waals surface area contributed by atoms with Crippen molar-refractivity contribution in [2.75, 3.05) is 7.05 Å². The summed E-state index contributed by atoms with van der Waals surface area (Å²) in [5.41, 5.74) is 1.34. The molecule has 0 bridgehead atoms. The molecule has 1 nitrogen and oxygen atoms in total. The minimum Gasteiger partial charge on any atom is -0.316 e. The van der Waals surface area contributed by atoms with E-state index in [-0.39, 0.29) is 6.04 Å². The fourth-order valence-corrected chi connectivity index (χ4v) is 2.51. The lowest BCUT2D eigenvalue weighted by atomic mass is 9.98. The molecule has 1 atom stereocenters. The van der Waals surface area contributed by atoms with Crippen LogP contribution in [0.5, 0.6) is 0 Å². The second-order valence-corrected chi connectivity index (χ2v) is 5.69. The monoisotopic (exact) mass is 329 g/mol. The fourth-order valence-electron chi connectivity index (χ4n) is 2.19. The van der Waals surface area contributed by atoms with Crippen molar-refractivity contribution in [2.45, 2.75) is 18.9 Å². The van der Waals surface area contributed by atoms with Crippen LogP contribution in [0.15, 0.2) is 36.4 Å². The summed E-state index contributed by atoms with van der Waals surface area (Å²) in [5.74, 6) is -0.832. The highest BCUT2D eigenvalue weighted by Gasteiger charge is 2.13. The molecule has 1 N–H and O–H groups in total. The van der Waals surface area contributed by atoms with E-state index in [9.17, 15) is 8.78 Å². The maximum atomic E-state index is 13.7. The van der Waals surface area contributed by atoms with Gasteiger partial charge < -0.3 is 5.32 Å². The van der Waals surface area contributed by atoms with Crippen LogP contribution in [0, 0.1) is 11.6 Å². The lowest BCUT2D eigenvalue weighted by Gasteiger charge is -2.17. The molecular formula is C16H15Cl2F2N. The Bertz CT molecular complexity index is 632. The number of rotatable bonds is 5. The first kappa shape index (κ1) is 16.2. The summed E-state index contributed by atoms with van der Waals surface area (Å²) in [6, 6.07) is 8.86. The Hall–Kier alpha value is -1.16. The van der Waals surface area contributed by atoms with Crippen LogP contribution in [0.3, 0.4) is 0 Å². The third kappa shape index (κ3) is 4.40. The Morgan fingerprint density at radius 3 is 2.43 bits per heavy atom. The topological polar surface area (TPSA) is 12.0 Å². The molecule has 0 aliphatic heterocycles. The SMILES string of the molecule is CNC(Cc1ccc(Cl)c(Cl)c1)Cc1cc(F)ccc1F. The molecule has 0 spiro atoms. The molecule has 2 aromatic carbocycles. The maximum absolute atomic E-state index is 13.7. The standard InChI is InChI=1S/C16H15Cl2F2N/c1-21-13(6-10-2-4-14(17)15(18)7-10)9-11-8-12(19)3-5-16(11)20/h2-5,7-8,13,21H,6,9H2,1H3. The molecular weight excluding hydrogens is 315 g/mol. The van der Waals surface area contributed by atoms with Gasteiger partial charge in [0.1, 0.15) is 11.6 Å². The van der Waals surface area contributed by atoms with E-state index >= 15 is 0 Å². The molecule has 0 aromatic heterocycles. The Kier molecular flexibility index (Phi) is 5.57. The molecule has 1 unspecified atom stereocenters. The molecule has 0 aliphatic rings. The van der Waals surface area contributed by atoms with E-state index in [0.717, 1.165) is 17.7 Å². The van der Waals surface area contributed by atoms with Gasteiger partial charge >= 0.3 is 0 Å². The number of benzene rings is 2. The summed E-state index contributed by atoms with van der Waals surface area (Å²) in [4.78, 5) is 0. The highest BCUT2D eigenvalue weighted by Crippen LogP contribution is 2.23. The molecule has 0 saturated carbocycles. The molecule has 0 aliphatic carbocycles. The Morgan fingerprint density at radius 2 is 1.76 bits per heavy atom.